The molecule has 0 saturated carbocycles. The summed E-state index contributed by atoms with van der Waals surface area (Å²) < 4.78 is 21.6. The molecule has 10 nitrogen and oxygen atoms in total. The van der Waals surface area contributed by atoms with E-state index in [1.165, 1.54) is 38.4 Å². The van der Waals surface area contributed by atoms with Crippen LogP contribution in [0.25, 0.3) is 22.0 Å². The molecule has 1 amide bonds. The normalized spacial score (nSPS) is 11.0. The number of aromatic amines is 1. The molecule has 0 aliphatic rings. The van der Waals surface area contributed by atoms with Gasteiger partial charge in [0.2, 0.25) is 0 Å². The van der Waals surface area contributed by atoms with Crippen molar-refractivity contribution < 1.29 is 33.3 Å². The first kappa shape index (κ1) is 32.1. The number of H-pyrrole nitrogens is 1. The number of nitrogens with zero attached hydrogens (tertiary/aromatic N) is 1. The Morgan fingerprint density at radius 3 is 2.35 bits per heavy atom. The van der Waals surface area contributed by atoms with Crippen LogP contribution in [0.3, 0.4) is 0 Å². The molecule has 4 aromatic carbocycles. The van der Waals surface area contributed by atoms with Gasteiger partial charge in [-0.15, -0.1) is 0 Å². The summed E-state index contributed by atoms with van der Waals surface area (Å²) in [6.45, 7) is 3.34. The molecular weight excluding hydrogens is 633 g/mol. The van der Waals surface area contributed by atoms with Crippen LogP contribution in [-0.2, 0) is 4.79 Å². The van der Waals surface area contributed by atoms with Crippen molar-refractivity contribution in [3.8, 4) is 34.1 Å². The van der Waals surface area contributed by atoms with Crippen LogP contribution < -0.4 is 24.4 Å². The second-order valence-corrected chi connectivity index (χ2v) is 10.6. The minimum absolute atomic E-state index is 0.164. The van der Waals surface area contributed by atoms with Crippen molar-refractivity contribution in [1.82, 2.24) is 10.4 Å². The highest BCUT2D eigenvalue weighted by Crippen LogP contribution is 2.38. The summed E-state index contributed by atoms with van der Waals surface area (Å²) in [6.07, 6.45) is 1.43. The van der Waals surface area contributed by atoms with E-state index in [1.54, 1.807) is 37.3 Å². The maximum absolute atomic E-state index is 13.3. The molecule has 2 N–H and O–H groups in total. The summed E-state index contributed by atoms with van der Waals surface area (Å²) in [6, 6.07) is 21.9. The first-order chi connectivity index (χ1) is 22.2. The summed E-state index contributed by atoms with van der Waals surface area (Å²) in [5.74, 6) is -0.895. The number of esters is 2. The van der Waals surface area contributed by atoms with Gasteiger partial charge in [-0.25, -0.2) is 10.2 Å². The molecule has 234 valence electrons. The number of ether oxygens (including phenoxy) is 4. The number of amides is 1. The monoisotopic (exact) mass is 659 g/mol. The van der Waals surface area contributed by atoms with Gasteiger partial charge < -0.3 is 23.9 Å². The second kappa shape index (κ2) is 14.2. The van der Waals surface area contributed by atoms with Crippen LogP contribution in [0.1, 0.15) is 40.3 Å². The Morgan fingerprint density at radius 1 is 0.891 bits per heavy atom. The van der Waals surface area contributed by atoms with Gasteiger partial charge >= 0.3 is 11.9 Å². The van der Waals surface area contributed by atoms with Crippen LogP contribution in [-0.4, -0.2) is 42.8 Å². The minimum Gasteiger partial charge on any atom is -0.493 e. The van der Waals surface area contributed by atoms with Crippen LogP contribution in [0, 0.1) is 0 Å². The summed E-state index contributed by atoms with van der Waals surface area (Å²) in [7, 11) is 1.39. The summed E-state index contributed by atoms with van der Waals surface area (Å²) in [5.41, 5.74) is 5.55. The SMILES string of the molecule is CCOc1cc(C=NNC(=O)c2[nH]c3c(Cl)cc(Cl)cc3c2-c2ccccc2)ccc1OC(=O)c1ccc(OC(C)=O)c(OC)c1. The van der Waals surface area contributed by atoms with E-state index in [1.807, 2.05) is 30.3 Å². The van der Waals surface area contributed by atoms with E-state index in [-0.39, 0.29) is 34.3 Å². The van der Waals surface area contributed by atoms with E-state index in [9.17, 15) is 14.4 Å². The van der Waals surface area contributed by atoms with E-state index in [0.29, 0.717) is 38.7 Å². The zero-order chi connectivity index (χ0) is 32.8. The molecule has 5 aromatic rings. The zero-order valence-corrected chi connectivity index (χ0v) is 26.4. The van der Waals surface area contributed by atoms with Crippen molar-refractivity contribution in [1.29, 1.82) is 0 Å². The van der Waals surface area contributed by atoms with E-state index >= 15 is 0 Å². The molecule has 0 atom stereocenters. The van der Waals surface area contributed by atoms with E-state index in [4.69, 9.17) is 42.1 Å². The molecule has 0 saturated heterocycles. The van der Waals surface area contributed by atoms with E-state index in [0.717, 1.165) is 5.56 Å². The predicted octanol–water partition coefficient (Wildman–Crippen LogP) is 7.46. The number of hydrogen-bond acceptors (Lipinski definition) is 8. The maximum atomic E-state index is 13.3. The fourth-order valence-corrected chi connectivity index (χ4v) is 5.21. The maximum Gasteiger partial charge on any atom is 0.343 e. The van der Waals surface area contributed by atoms with Gasteiger partial charge in [-0.2, -0.15) is 5.10 Å². The molecule has 1 heterocycles. The zero-order valence-electron chi connectivity index (χ0n) is 24.9. The van der Waals surface area contributed by atoms with Gasteiger partial charge in [-0.3, -0.25) is 9.59 Å². The number of methoxy groups -OCH3 is 1. The average Bonchev–Trinajstić information content (AvgIpc) is 3.42. The second-order valence-electron chi connectivity index (χ2n) is 9.74. The van der Waals surface area contributed by atoms with Gasteiger partial charge in [0, 0.05) is 22.9 Å². The summed E-state index contributed by atoms with van der Waals surface area (Å²) in [4.78, 5) is 40.7. The summed E-state index contributed by atoms with van der Waals surface area (Å²) >= 11 is 12.7. The highest BCUT2D eigenvalue weighted by atomic mass is 35.5. The van der Waals surface area contributed by atoms with Gasteiger partial charge in [0.1, 0.15) is 5.69 Å². The van der Waals surface area contributed by atoms with Crippen LogP contribution >= 0.6 is 23.2 Å². The Morgan fingerprint density at radius 2 is 1.63 bits per heavy atom. The van der Waals surface area contributed by atoms with Crippen molar-refractivity contribution in [2.24, 2.45) is 5.10 Å². The van der Waals surface area contributed by atoms with Crippen molar-refractivity contribution in [3.63, 3.8) is 0 Å². The van der Waals surface area contributed by atoms with Gasteiger partial charge in [0.15, 0.2) is 23.0 Å². The lowest BCUT2D eigenvalue weighted by molar-refractivity contribution is -0.132. The van der Waals surface area contributed by atoms with Crippen LogP contribution in [0.4, 0.5) is 0 Å². The van der Waals surface area contributed by atoms with Gasteiger partial charge in [0.25, 0.3) is 5.91 Å². The van der Waals surface area contributed by atoms with Crippen LogP contribution in [0.5, 0.6) is 23.0 Å². The number of nitrogens with one attached hydrogen (secondary N) is 2. The number of carbonyl (C=O) groups is 3. The van der Waals surface area contributed by atoms with Crippen molar-refractivity contribution in [3.05, 3.63) is 106 Å². The number of carbonyl (C=O) groups excluding carboxylic acids is 3. The van der Waals surface area contributed by atoms with E-state index in [2.05, 4.69) is 15.5 Å². The van der Waals surface area contributed by atoms with Gasteiger partial charge in [-0.05, 0) is 66.6 Å². The summed E-state index contributed by atoms with van der Waals surface area (Å²) in [5, 5.41) is 5.65. The number of fused-ring (bicyclic) bond motifs is 1. The fraction of sp³-hybridized carbons (Fsp3) is 0.118. The fourth-order valence-electron chi connectivity index (χ4n) is 4.67. The molecule has 0 fully saturated rings. The van der Waals surface area contributed by atoms with Crippen molar-refractivity contribution >= 4 is 58.2 Å². The molecule has 0 aliphatic carbocycles. The Balaban J connectivity index is 1.35. The lowest BCUT2D eigenvalue weighted by Gasteiger charge is -2.13. The number of rotatable bonds is 10. The lowest BCUT2D eigenvalue weighted by Crippen LogP contribution is -2.18. The quantitative estimate of drug-likeness (QED) is 0.0689. The number of halogens is 2. The Kier molecular flexibility index (Phi) is 9.90. The Labute approximate surface area is 273 Å². The smallest absolute Gasteiger partial charge is 0.343 e. The van der Waals surface area contributed by atoms with Gasteiger partial charge in [0.05, 0.1) is 36.0 Å². The number of aromatic nitrogens is 1. The van der Waals surface area contributed by atoms with Crippen LogP contribution in [0.15, 0.2) is 84.0 Å². The molecule has 0 radical (unpaired) electrons. The third-order valence-corrected chi connectivity index (χ3v) is 7.13. The van der Waals surface area contributed by atoms with Crippen LogP contribution in [0.2, 0.25) is 10.0 Å². The highest BCUT2D eigenvalue weighted by molar-refractivity contribution is 6.39. The van der Waals surface area contributed by atoms with Gasteiger partial charge in [-0.1, -0.05) is 53.5 Å². The molecule has 0 unspecified atom stereocenters. The largest absolute Gasteiger partial charge is 0.493 e. The average molecular weight is 661 g/mol. The molecule has 12 heteroatoms. The molecule has 0 bridgehead atoms. The predicted molar refractivity (Wildman–Crippen MR) is 176 cm³/mol. The van der Waals surface area contributed by atoms with E-state index < -0.39 is 17.8 Å². The first-order valence-electron chi connectivity index (χ1n) is 13.9. The molecule has 1 aromatic heterocycles. The third-order valence-electron chi connectivity index (χ3n) is 6.62. The number of hydrogen-bond donors (Lipinski definition) is 2. The van der Waals surface area contributed by atoms with Crippen molar-refractivity contribution in [2.75, 3.05) is 13.7 Å². The molecule has 0 aliphatic heterocycles. The standard InChI is InChI=1S/C34H27Cl2N3O7/c1-4-44-29-14-20(10-12-27(29)46-34(42)22-11-13-26(45-19(2)40)28(15-22)43-3)18-37-39-33(41)32-30(21-8-6-5-7-9-21)24-16-23(35)17-25(36)31(24)38-32/h5-18,38H,4H2,1-3H3,(H,39,41). The molecule has 0 spiro atoms. The third kappa shape index (κ3) is 7.14. The topological polar surface area (TPSA) is 128 Å². The highest BCUT2D eigenvalue weighted by Gasteiger charge is 2.21. The number of hydrazone groups is 1. The molecule has 46 heavy (non-hydrogen) atoms. The lowest BCUT2D eigenvalue weighted by atomic mass is 10.0. The van der Waals surface area contributed by atoms with Crippen molar-refractivity contribution in [2.45, 2.75) is 13.8 Å². The Hall–Kier alpha value is -5.32. The minimum atomic E-state index is -0.684. The molecule has 5 rings (SSSR count). The molecular formula is C34H27Cl2N3O7. The number of benzene rings is 4. The first-order valence-corrected chi connectivity index (χ1v) is 14.7. The Bertz CT molecular complexity index is 1970.